The Hall–Kier alpha value is -2.38. The maximum absolute atomic E-state index is 13.1. The fourth-order valence-corrected chi connectivity index (χ4v) is 5.56. The maximum Gasteiger partial charge on any atom is 0.254 e. The van der Waals surface area contributed by atoms with Gasteiger partial charge in [-0.3, -0.25) is 4.79 Å². The lowest BCUT2D eigenvalue weighted by atomic mass is 10.1. The van der Waals surface area contributed by atoms with Crippen LogP contribution in [0.3, 0.4) is 0 Å². The van der Waals surface area contributed by atoms with E-state index in [0.717, 1.165) is 30.5 Å². The Labute approximate surface area is 172 Å². The van der Waals surface area contributed by atoms with Gasteiger partial charge in [-0.25, -0.2) is 8.42 Å². The van der Waals surface area contributed by atoms with Gasteiger partial charge < -0.3 is 9.80 Å². The minimum Gasteiger partial charge on any atom is -0.378 e. The summed E-state index contributed by atoms with van der Waals surface area (Å²) in [5, 5.41) is 0. The second kappa shape index (κ2) is 7.80. The standard InChI is InChI=1S/C22H27N3O3S/c1-23(2)20-8-4-7-19(15-20)22(26)24-11-13-25(14-12-24)29(27,28)21-10-9-17-5-3-6-18(17)16-21/h4,7-10,15-16H,3,5-6,11-14H2,1-2H3. The van der Waals surface area contributed by atoms with Crippen molar-refractivity contribution in [2.45, 2.75) is 24.2 Å². The second-order valence-corrected chi connectivity index (χ2v) is 9.86. The number of rotatable bonds is 4. The van der Waals surface area contributed by atoms with E-state index in [1.54, 1.807) is 11.0 Å². The fraction of sp³-hybridized carbons (Fsp3) is 0.409. The predicted octanol–water partition coefficient (Wildman–Crippen LogP) is 2.39. The third-order valence-corrected chi connectivity index (χ3v) is 7.74. The number of amides is 1. The molecule has 0 aromatic heterocycles. The van der Waals surface area contributed by atoms with E-state index in [1.165, 1.54) is 9.87 Å². The van der Waals surface area contributed by atoms with Crippen molar-refractivity contribution in [3.63, 3.8) is 0 Å². The molecule has 1 amide bonds. The van der Waals surface area contributed by atoms with Crippen LogP contribution in [0.15, 0.2) is 47.4 Å². The lowest BCUT2D eigenvalue weighted by Gasteiger charge is -2.34. The van der Waals surface area contributed by atoms with Crippen LogP contribution in [0.1, 0.15) is 27.9 Å². The van der Waals surface area contributed by atoms with Crippen molar-refractivity contribution in [1.82, 2.24) is 9.21 Å². The third kappa shape index (κ3) is 3.89. The van der Waals surface area contributed by atoms with Crippen LogP contribution in [0.5, 0.6) is 0 Å². The van der Waals surface area contributed by atoms with E-state index in [4.69, 9.17) is 0 Å². The molecule has 0 radical (unpaired) electrons. The third-order valence-electron chi connectivity index (χ3n) is 5.84. The largest absolute Gasteiger partial charge is 0.378 e. The first-order valence-electron chi connectivity index (χ1n) is 10.0. The molecule has 6 nitrogen and oxygen atoms in total. The van der Waals surface area contributed by atoms with Crippen LogP contribution in [0, 0.1) is 0 Å². The highest BCUT2D eigenvalue weighted by Gasteiger charge is 2.31. The maximum atomic E-state index is 13.1. The second-order valence-electron chi connectivity index (χ2n) is 7.93. The molecule has 0 saturated carbocycles. The Morgan fingerprint density at radius 1 is 0.931 bits per heavy atom. The molecule has 1 heterocycles. The molecule has 0 atom stereocenters. The van der Waals surface area contributed by atoms with Gasteiger partial charge in [0.1, 0.15) is 0 Å². The van der Waals surface area contributed by atoms with Gasteiger partial charge >= 0.3 is 0 Å². The average molecular weight is 414 g/mol. The number of aryl methyl sites for hydroxylation is 2. The summed E-state index contributed by atoms with van der Waals surface area (Å²) in [5.41, 5.74) is 4.01. The van der Waals surface area contributed by atoms with Crippen molar-refractivity contribution in [3.05, 3.63) is 59.2 Å². The summed E-state index contributed by atoms with van der Waals surface area (Å²) >= 11 is 0. The molecule has 1 fully saturated rings. The first-order chi connectivity index (χ1) is 13.9. The van der Waals surface area contributed by atoms with Crippen LogP contribution >= 0.6 is 0 Å². The zero-order valence-electron chi connectivity index (χ0n) is 17.0. The van der Waals surface area contributed by atoms with E-state index >= 15 is 0 Å². The Bertz CT molecular complexity index is 1030. The number of carbonyl (C=O) groups is 1. The summed E-state index contributed by atoms with van der Waals surface area (Å²) in [6.07, 6.45) is 3.08. The van der Waals surface area contributed by atoms with Gasteiger partial charge in [-0.1, -0.05) is 12.1 Å². The number of fused-ring (bicyclic) bond motifs is 1. The molecule has 0 spiro atoms. The molecule has 0 N–H and O–H groups in total. The molecule has 1 saturated heterocycles. The van der Waals surface area contributed by atoms with E-state index < -0.39 is 10.0 Å². The topological polar surface area (TPSA) is 60.9 Å². The summed E-state index contributed by atoms with van der Waals surface area (Å²) in [4.78, 5) is 16.9. The number of anilines is 1. The Morgan fingerprint density at radius 3 is 2.38 bits per heavy atom. The van der Waals surface area contributed by atoms with Crippen LogP contribution in [-0.2, 0) is 22.9 Å². The monoisotopic (exact) mass is 413 g/mol. The number of sulfonamides is 1. The van der Waals surface area contributed by atoms with E-state index in [1.807, 2.05) is 55.4 Å². The SMILES string of the molecule is CN(C)c1cccc(C(=O)N2CCN(S(=O)(=O)c3ccc4c(c3)CCC4)CC2)c1. The van der Waals surface area contributed by atoms with E-state index in [9.17, 15) is 13.2 Å². The zero-order chi connectivity index (χ0) is 20.6. The molecule has 29 heavy (non-hydrogen) atoms. The quantitative estimate of drug-likeness (QED) is 0.772. The molecule has 2 aromatic carbocycles. The molecule has 154 valence electrons. The highest BCUT2D eigenvalue weighted by Crippen LogP contribution is 2.27. The first kappa shape index (κ1) is 19.9. The van der Waals surface area contributed by atoms with Gasteiger partial charge in [-0.2, -0.15) is 4.31 Å². The van der Waals surface area contributed by atoms with Crippen molar-refractivity contribution >= 4 is 21.6 Å². The molecule has 1 aliphatic heterocycles. The summed E-state index contributed by atoms with van der Waals surface area (Å²) < 4.78 is 27.6. The van der Waals surface area contributed by atoms with Crippen LogP contribution < -0.4 is 4.90 Å². The summed E-state index contributed by atoms with van der Waals surface area (Å²) in [6.45, 7) is 1.43. The summed E-state index contributed by atoms with van der Waals surface area (Å²) in [5.74, 6) is -0.0525. The van der Waals surface area contributed by atoms with Crippen LogP contribution in [0.2, 0.25) is 0 Å². The predicted molar refractivity (Wildman–Crippen MR) is 114 cm³/mol. The number of benzene rings is 2. The van der Waals surface area contributed by atoms with Gasteiger partial charge in [-0.15, -0.1) is 0 Å². The Kier molecular flexibility index (Phi) is 5.36. The van der Waals surface area contributed by atoms with E-state index in [0.29, 0.717) is 36.6 Å². The van der Waals surface area contributed by atoms with Gasteiger partial charge in [0.05, 0.1) is 4.90 Å². The Morgan fingerprint density at radius 2 is 1.66 bits per heavy atom. The number of nitrogens with zero attached hydrogens (tertiary/aromatic N) is 3. The first-order valence-corrected chi connectivity index (χ1v) is 11.5. The zero-order valence-corrected chi connectivity index (χ0v) is 17.8. The molecular formula is C22H27N3O3S. The lowest BCUT2D eigenvalue weighted by Crippen LogP contribution is -2.50. The smallest absolute Gasteiger partial charge is 0.254 e. The molecule has 1 aliphatic carbocycles. The van der Waals surface area contributed by atoms with E-state index in [-0.39, 0.29) is 5.91 Å². The molecule has 2 aromatic rings. The minimum absolute atomic E-state index is 0.0525. The molecule has 2 aliphatic rings. The molecule has 7 heteroatoms. The number of piperazine rings is 1. The number of hydrogen-bond donors (Lipinski definition) is 0. The lowest BCUT2D eigenvalue weighted by molar-refractivity contribution is 0.0698. The van der Waals surface area contributed by atoms with Gasteiger partial charge in [0.25, 0.3) is 5.91 Å². The van der Waals surface area contributed by atoms with Gasteiger partial charge in [0, 0.05) is 51.5 Å². The van der Waals surface area contributed by atoms with Crippen molar-refractivity contribution in [2.75, 3.05) is 45.2 Å². The number of carbonyl (C=O) groups excluding carboxylic acids is 1. The highest BCUT2D eigenvalue weighted by atomic mass is 32.2. The van der Waals surface area contributed by atoms with Crippen molar-refractivity contribution in [3.8, 4) is 0 Å². The van der Waals surface area contributed by atoms with Crippen LogP contribution in [0.25, 0.3) is 0 Å². The highest BCUT2D eigenvalue weighted by molar-refractivity contribution is 7.89. The molecule has 0 unspecified atom stereocenters. The molecule has 0 bridgehead atoms. The van der Waals surface area contributed by atoms with Gasteiger partial charge in [0.2, 0.25) is 10.0 Å². The normalized spacial score (nSPS) is 17.2. The summed E-state index contributed by atoms with van der Waals surface area (Å²) in [7, 11) is 0.347. The van der Waals surface area contributed by atoms with Gasteiger partial charge in [0.15, 0.2) is 0 Å². The molecular weight excluding hydrogens is 386 g/mol. The summed E-state index contributed by atoms with van der Waals surface area (Å²) in [6, 6.07) is 13.0. The average Bonchev–Trinajstić information content (AvgIpc) is 3.21. The minimum atomic E-state index is -3.53. The van der Waals surface area contributed by atoms with Crippen molar-refractivity contribution in [1.29, 1.82) is 0 Å². The molecule has 4 rings (SSSR count). The van der Waals surface area contributed by atoms with E-state index in [2.05, 4.69) is 0 Å². The fourth-order valence-electron chi connectivity index (χ4n) is 4.09. The van der Waals surface area contributed by atoms with Crippen LogP contribution in [0.4, 0.5) is 5.69 Å². The van der Waals surface area contributed by atoms with Crippen molar-refractivity contribution in [2.24, 2.45) is 0 Å². The van der Waals surface area contributed by atoms with Crippen molar-refractivity contribution < 1.29 is 13.2 Å². The van der Waals surface area contributed by atoms with Crippen LogP contribution in [-0.4, -0.2) is 63.8 Å². The van der Waals surface area contributed by atoms with Gasteiger partial charge in [-0.05, 0) is 60.7 Å². The Balaban J connectivity index is 1.45. The number of hydrogen-bond acceptors (Lipinski definition) is 4.